The van der Waals surface area contributed by atoms with Crippen molar-refractivity contribution in [1.82, 2.24) is 0 Å². The first-order valence-corrected chi connectivity index (χ1v) is 10.7. The lowest BCUT2D eigenvalue weighted by Crippen LogP contribution is -2.37. The molecule has 1 aromatic carbocycles. The number of nitrogens with one attached hydrogen (secondary N) is 1. The van der Waals surface area contributed by atoms with Crippen molar-refractivity contribution in [3.63, 3.8) is 0 Å². The molecule has 10 heteroatoms. The molecular formula is C21H23F3N2O4S. The number of carbonyl (C=O) groups is 2. The van der Waals surface area contributed by atoms with Crippen molar-refractivity contribution in [3.05, 3.63) is 46.2 Å². The normalized spacial score (nSPS) is 14.4. The third-order valence-corrected chi connectivity index (χ3v) is 5.63. The van der Waals surface area contributed by atoms with Gasteiger partial charge in [-0.25, -0.2) is 0 Å². The topological polar surface area (TPSA) is 67.9 Å². The van der Waals surface area contributed by atoms with E-state index >= 15 is 0 Å². The number of ether oxygens (including phenoxy) is 2. The van der Waals surface area contributed by atoms with Gasteiger partial charge in [-0.2, -0.15) is 13.2 Å². The number of anilines is 2. The van der Waals surface area contributed by atoms with Crippen LogP contribution in [0.25, 0.3) is 0 Å². The van der Waals surface area contributed by atoms with Gasteiger partial charge in [-0.05, 0) is 42.5 Å². The standard InChI is InChI=1S/C21H23F3N2O4S/c22-21(23,24)15-6-7-18(26-8-10-29-11-9-26)17(13-15)25-19(27)14-30-20(28)5-1-3-16-4-2-12-31-16/h2,4,6-7,12-13H,1,3,5,8-11,14H2,(H,25,27). The third-order valence-electron chi connectivity index (χ3n) is 4.70. The Balaban J connectivity index is 1.57. The average molecular weight is 456 g/mol. The Labute approximate surface area is 181 Å². The summed E-state index contributed by atoms with van der Waals surface area (Å²) in [6.45, 7) is 1.31. The van der Waals surface area contributed by atoms with Gasteiger partial charge in [-0.1, -0.05) is 6.07 Å². The molecule has 0 spiro atoms. The second-order valence-corrected chi connectivity index (χ2v) is 8.00. The maximum atomic E-state index is 13.1. The maximum absolute atomic E-state index is 13.1. The number of hydrogen-bond donors (Lipinski definition) is 1. The highest BCUT2D eigenvalue weighted by atomic mass is 32.1. The fraction of sp³-hybridized carbons (Fsp3) is 0.429. The number of rotatable bonds is 8. The van der Waals surface area contributed by atoms with Gasteiger partial charge < -0.3 is 19.7 Å². The first kappa shape index (κ1) is 23.1. The van der Waals surface area contributed by atoms with Crippen molar-refractivity contribution in [3.8, 4) is 0 Å². The predicted octanol–water partition coefficient (Wildman–Crippen LogP) is 4.11. The molecule has 2 aromatic rings. The van der Waals surface area contributed by atoms with Crippen LogP contribution in [0.4, 0.5) is 24.5 Å². The predicted molar refractivity (Wildman–Crippen MR) is 111 cm³/mol. The molecule has 6 nitrogen and oxygen atoms in total. The summed E-state index contributed by atoms with van der Waals surface area (Å²) in [5.41, 5.74) is -0.382. The van der Waals surface area contributed by atoms with Crippen molar-refractivity contribution in [1.29, 1.82) is 0 Å². The van der Waals surface area contributed by atoms with Gasteiger partial charge in [0.05, 0.1) is 30.2 Å². The number of esters is 1. The van der Waals surface area contributed by atoms with Gasteiger partial charge >= 0.3 is 12.1 Å². The van der Waals surface area contributed by atoms with E-state index in [-0.39, 0.29) is 12.1 Å². The number of halogens is 3. The zero-order valence-corrected chi connectivity index (χ0v) is 17.6. The van der Waals surface area contributed by atoms with Crippen molar-refractivity contribution in [2.45, 2.75) is 25.4 Å². The molecule has 1 amide bonds. The molecule has 1 aliphatic heterocycles. The minimum absolute atomic E-state index is 0.0236. The molecule has 1 aromatic heterocycles. The number of carbonyl (C=O) groups excluding carboxylic acids is 2. The van der Waals surface area contributed by atoms with Crippen LogP contribution in [0.15, 0.2) is 35.7 Å². The molecule has 0 bridgehead atoms. The number of thiophene rings is 1. The molecule has 31 heavy (non-hydrogen) atoms. The number of nitrogens with zero attached hydrogens (tertiary/aromatic N) is 1. The largest absolute Gasteiger partial charge is 0.456 e. The molecule has 0 radical (unpaired) electrons. The molecule has 0 saturated carbocycles. The zero-order chi connectivity index (χ0) is 22.3. The van der Waals surface area contributed by atoms with Gasteiger partial charge in [0.15, 0.2) is 6.61 Å². The van der Waals surface area contributed by atoms with Gasteiger partial charge in [0, 0.05) is 24.4 Å². The number of hydrogen-bond acceptors (Lipinski definition) is 6. The highest BCUT2D eigenvalue weighted by Crippen LogP contribution is 2.35. The lowest BCUT2D eigenvalue weighted by atomic mass is 10.1. The van der Waals surface area contributed by atoms with E-state index in [1.165, 1.54) is 6.07 Å². The van der Waals surface area contributed by atoms with Crippen LogP contribution in [-0.4, -0.2) is 44.8 Å². The van der Waals surface area contributed by atoms with E-state index in [0.717, 1.165) is 23.4 Å². The summed E-state index contributed by atoms with van der Waals surface area (Å²) in [5.74, 6) is -1.22. The molecule has 168 valence electrons. The Morgan fingerprint density at radius 2 is 1.97 bits per heavy atom. The Bertz CT molecular complexity index is 881. The SMILES string of the molecule is O=C(COC(=O)CCCc1cccs1)Nc1cc(C(F)(F)F)ccc1N1CCOCC1. The Kier molecular flexibility index (Phi) is 7.91. The maximum Gasteiger partial charge on any atom is 0.416 e. The summed E-state index contributed by atoms with van der Waals surface area (Å²) in [6, 6.07) is 7.12. The van der Waals surface area contributed by atoms with Crippen LogP contribution in [0.1, 0.15) is 23.3 Å². The van der Waals surface area contributed by atoms with Gasteiger partial charge in [-0.3, -0.25) is 9.59 Å². The van der Waals surface area contributed by atoms with E-state index in [1.807, 2.05) is 22.4 Å². The number of benzene rings is 1. The summed E-state index contributed by atoms with van der Waals surface area (Å²) >= 11 is 1.60. The Hall–Kier alpha value is -2.59. The molecular weight excluding hydrogens is 433 g/mol. The molecule has 1 saturated heterocycles. The number of amides is 1. The summed E-state index contributed by atoms with van der Waals surface area (Å²) in [5, 5.41) is 4.41. The first-order valence-electron chi connectivity index (χ1n) is 9.85. The smallest absolute Gasteiger partial charge is 0.416 e. The van der Waals surface area contributed by atoms with Crippen LogP contribution in [0.3, 0.4) is 0 Å². The fourth-order valence-electron chi connectivity index (χ4n) is 3.16. The third kappa shape index (κ3) is 6.96. The minimum atomic E-state index is -4.54. The van der Waals surface area contributed by atoms with E-state index in [1.54, 1.807) is 11.3 Å². The van der Waals surface area contributed by atoms with Gasteiger partial charge in [0.1, 0.15) is 0 Å². The van der Waals surface area contributed by atoms with Crippen molar-refractivity contribution in [2.24, 2.45) is 0 Å². The van der Waals surface area contributed by atoms with E-state index in [9.17, 15) is 22.8 Å². The van der Waals surface area contributed by atoms with Crippen LogP contribution in [0.2, 0.25) is 0 Å². The lowest BCUT2D eigenvalue weighted by Gasteiger charge is -2.31. The summed E-state index contributed by atoms with van der Waals surface area (Å²) < 4.78 is 49.7. The van der Waals surface area contributed by atoms with E-state index in [4.69, 9.17) is 9.47 Å². The highest BCUT2D eigenvalue weighted by Gasteiger charge is 2.32. The van der Waals surface area contributed by atoms with Crippen LogP contribution in [0.5, 0.6) is 0 Å². The molecule has 1 fully saturated rings. The quantitative estimate of drug-likeness (QED) is 0.606. The molecule has 0 atom stereocenters. The second-order valence-electron chi connectivity index (χ2n) is 6.97. The molecule has 1 aliphatic rings. The fourth-order valence-corrected chi connectivity index (χ4v) is 3.91. The van der Waals surface area contributed by atoms with E-state index in [2.05, 4.69) is 5.32 Å². The highest BCUT2D eigenvalue weighted by molar-refractivity contribution is 7.09. The van der Waals surface area contributed by atoms with Crippen LogP contribution in [0, 0.1) is 0 Å². The monoisotopic (exact) mass is 456 g/mol. The van der Waals surface area contributed by atoms with Gasteiger partial charge in [0.2, 0.25) is 0 Å². The lowest BCUT2D eigenvalue weighted by molar-refractivity contribution is -0.147. The number of alkyl halides is 3. The molecule has 0 unspecified atom stereocenters. The first-order chi connectivity index (χ1) is 14.8. The Morgan fingerprint density at radius 3 is 2.65 bits per heavy atom. The summed E-state index contributed by atoms with van der Waals surface area (Å²) in [7, 11) is 0. The zero-order valence-electron chi connectivity index (χ0n) is 16.7. The van der Waals surface area contributed by atoms with Crippen molar-refractivity contribution >= 4 is 34.6 Å². The van der Waals surface area contributed by atoms with Crippen molar-refractivity contribution in [2.75, 3.05) is 43.1 Å². The number of aryl methyl sites for hydroxylation is 1. The van der Waals surface area contributed by atoms with Crippen LogP contribution >= 0.6 is 11.3 Å². The second kappa shape index (κ2) is 10.6. The molecule has 0 aliphatic carbocycles. The van der Waals surface area contributed by atoms with Gasteiger partial charge in [-0.15, -0.1) is 11.3 Å². The molecule has 1 N–H and O–H groups in total. The number of morpholine rings is 1. The van der Waals surface area contributed by atoms with Crippen LogP contribution in [-0.2, 0) is 31.7 Å². The Morgan fingerprint density at radius 1 is 1.19 bits per heavy atom. The summed E-state index contributed by atoms with van der Waals surface area (Å²) in [4.78, 5) is 27.1. The average Bonchev–Trinajstić information content (AvgIpc) is 3.26. The minimum Gasteiger partial charge on any atom is -0.456 e. The van der Waals surface area contributed by atoms with Crippen LogP contribution < -0.4 is 10.2 Å². The molecule has 2 heterocycles. The van der Waals surface area contributed by atoms with E-state index in [0.29, 0.717) is 38.4 Å². The van der Waals surface area contributed by atoms with Gasteiger partial charge in [0.25, 0.3) is 5.91 Å². The van der Waals surface area contributed by atoms with E-state index < -0.39 is 30.2 Å². The summed E-state index contributed by atoms with van der Waals surface area (Å²) in [6.07, 6.45) is -3.05. The van der Waals surface area contributed by atoms with Crippen molar-refractivity contribution < 1.29 is 32.2 Å². The molecule has 3 rings (SSSR count).